The number of fused-ring (bicyclic) bond motifs is 1. The molecule has 2 aliphatic heterocycles. The number of benzene rings is 1. The first-order chi connectivity index (χ1) is 15.0. The zero-order valence-electron chi connectivity index (χ0n) is 18.5. The standard InChI is InChI=1S/C24H32N4O3/c1-3-26-12-14-27(15-13-26)21-9-8-18(16-17(21)2)25-22(29)10-11-28-23(30)19-6-4-5-7-20(19)24(28)31/h4-5,8-9,16,19-20H,3,6-7,10-15H2,1-2H3,(H,25,29)/t19-,20-/m0/s1. The smallest absolute Gasteiger partial charge is 0.233 e. The average Bonchev–Trinajstić information content (AvgIpc) is 3.02. The van der Waals surface area contributed by atoms with Crippen LogP contribution >= 0.6 is 0 Å². The Hall–Kier alpha value is -2.67. The largest absolute Gasteiger partial charge is 0.369 e. The molecule has 2 atom stereocenters. The maximum Gasteiger partial charge on any atom is 0.233 e. The van der Waals surface area contributed by atoms with Crippen molar-refractivity contribution in [2.75, 3.05) is 49.5 Å². The zero-order chi connectivity index (χ0) is 22.0. The Balaban J connectivity index is 1.30. The number of anilines is 2. The van der Waals surface area contributed by atoms with Crippen LogP contribution in [-0.2, 0) is 14.4 Å². The monoisotopic (exact) mass is 424 g/mol. The third kappa shape index (κ3) is 4.51. The van der Waals surface area contributed by atoms with Crippen molar-refractivity contribution >= 4 is 29.1 Å². The Bertz CT molecular complexity index is 863. The second-order valence-corrected chi connectivity index (χ2v) is 8.70. The minimum atomic E-state index is -0.241. The molecule has 3 amide bonds. The lowest BCUT2D eigenvalue weighted by atomic mass is 9.85. The normalized spacial score (nSPS) is 23.9. The summed E-state index contributed by atoms with van der Waals surface area (Å²) < 4.78 is 0. The van der Waals surface area contributed by atoms with Gasteiger partial charge in [-0.2, -0.15) is 0 Å². The number of imide groups is 1. The Morgan fingerprint density at radius 2 is 1.68 bits per heavy atom. The first-order valence-corrected chi connectivity index (χ1v) is 11.4. The van der Waals surface area contributed by atoms with Gasteiger partial charge >= 0.3 is 0 Å². The van der Waals surface area contributed by atoms with E-state index in [2.05, 4.69) is 35.0 Å². The quantitative estimate of drug-likeness (QED) is 0.561. The fraction of sp³-hybridized carbons (Fsp3) is 0.542. The third-order valence-electron chi connectivity index (χ3n) is 6.80. The van der Waals surface area contributed by atoms with E-state index in [1.165, 1.54) is 10.6 Å². The molecule has 3 aliphatic rings. The lowest BCUT2D eigenvalue weighted by molar-refractivity contribution is -0.140. The van der Waals surface area contributed by atoms with Gasteiger partial charge in [-0.1, -0.05) is 19.1 Å². The van der Waals surface area contributed by atoms with E-state index in [0.29, 0.717) is 12.8 Å². The molecule has 7 nitrogen and oxygen atoms in total. The van der Waals surface area contributed by atoms with E-state index in [4.69, 9.17) is 0 Å². The number of nitrogens with zero attached hydrogens (tertiary/aromatic N) is 3. The van der Waals surface area contributed by atoms with E-state index in [9.17, 15) is 14.4 Å². The highest BCUT2D eigenvalue weighted by Crippen LogP contribution is 2.35. The van der Waals surface area contributed by atoms with Crippen LogP contribution in [0.5, 0.6) is 0 Å². The molecule has 1 aromatic rings. The number of carbonyl (C=O) groups is 3. The summed E-state index contributed by atoms with van der Waals surface area (Å²) in [4.78, 5) is 43.7. The van der Waals surface area contributed by atoms with E-state index in [1.54, 1.807) is 0 Å². The van der Waals surface area contributed by atoms with Gasteiger partial charge in [-0.05, 0) is 50.1 Å². The van der Waals surface area contributed by atoms with Gasteiger partial charge in [-0.3, -0.25) is 19.3 Å². The molecule has 2 saturated heterocycles. The zero-order valence-corrected chi connectivity index (χ0v) is 18.5. The second-order valence-electron chi connectivity index (χ2n) is 8.70. The topological polar surface area (TPSA) is 73.0 Å². The van der Waals surface area contributed by atoms with Gasteiger partial charge in [0.1, 0.15) is 0 Å². The fourth-order valence-electron chi connectivity index (χ4n) is 4.92. The van der Waals surface area contributed by atoms with Crippen LogP contribution < -0.4 is 10.2 Å². The van der Waals surface area contributed by atoms with Gasteiger partial charge in [0.15, 0.2) is 0 Å². The molecular formula is C24H32N4O3. The van der Waals surface area contributed by atoms with E-state index in [1.807, 2.05) is 24.3 Å². The molecule has 0 saturated carbocycles. The van der Waals surface area contributed by atoms with Crippen molar-refractivity contribution in [2.24, 2.45) is 11.8 Å². The summed E-state index contributed by atoms with van der Waals surface area (Å²) in [7, 11) is 0. The van der Waals surface area contributed by atoms with E-state index >= 15 is 0 Å². The molecule has 2 fully saturated rings. The summed E-state index contributed by atoms with van der Waals surface area (Å²) >= 11 is 0. The summed E-state index contributed by atoms with van der Waals surface area (Å²) in [5.74, 6) is -0.923. The molecule has 1 aromatic carbocycles. The van der Waals surface area contributed by atoms with Gasteiger partial charge < -0.3 is 15.1 Å². The average molecular weight is 425 g/mol. The Morgan fingerprint density at radius 3 is 2.26 bits per heavy atom. The van der Waals surface area contributed by atoms with Crippen LogP contribution in [0.15, 0.2) is 30.4 Å². The number of aryl methyl sites for hydroxylation is 1. The number of rotatable bonds is 6. The third-order valence-corrected chi connectivity index (χ3v) is 6.80. The SMILES string of the molecule is CCN1CCN(c2ccc(NC(=O)CCN3C(=O)[C@H]4CC=CC[C@@H]4C3=O)cc2C)CC1. The van der Waals surface area contributed by atoms with Crippen molar-refractivity contribution in [1.82, 2.24) is 9.80 Å². The first-order valence-electron chi connectivity index (χ1n) is 11.4. The summed E-state index contributed by atoms with van der Waals surface area (Å²) in [6.45, 7) is 9.65. The molecular weight excluding hydrogens is 392 g/mol. The van der Waals surface area contributed by atoms with Crippen molar-refractivity contribution in [3.63, 3.8) is 0 Å². The molecule has 0 spiro atoms. The van der Waals surface area contributed by atoms with Crippen LogP contribution in [0, 0.1) is 18.8 Å². The molecule has 166 valence electrons. The van der Waals surface area contributed by atoms with Crippen LogP contribution in [0.2, 0.25) is 0 Å². The number of likely N-dealkylation sites (tertiary alicyclic amines) is 1. The molecule has 2 heterocycles. The lowest BCUT2D eigenvalue weighted by Crippen LogP contribution is -2.46. The van der Waals surface area contributed by atoms with Gasteiger partial charge in [-0.15, -0.1) is 0 Å². The van der Waals surface area contributed by atoms with E-state index < -0.39 is 0 Å². The van der Waals surface area contributed by atoms with Crippen LogP contribution in [0.4, 0.5) is 11.4 Å². The van der Waals surface area contributed by atoms with Crippen LogP contribution in [0.1, 0.15) is 31.7 Å². The van der Waals surface area contributed by atoms with Crippen molar-refractivity contribution in [2.45, 2.75) is 33.1 Å². The molecule has 0 radical (unpaired) electrons. The van der Waals surface area contributed by atoms with Crippen LogP contribution in [0.3, 0.4) is 0 Å². The minimum absolute atomic E-state index is 0.115. The van der Waals surface area contributed by atoms with Crippen molar-refractivity contribution < 1.29 is 14.4 Å². The second kappa shape index (κ2) is 9.22. The number of piperazine rings is 1. The molecule has 4 rings (SSSR count). The number of carbonyl (C=O) groups excluding carboxylic acids is 3. The van der Waals surface area contributed by atoms with Gasteiger partial charge in [0.05, 0.1) is 11.8 Å². The maximum atomic E-state index is 12.5. The molecule has 7 heteroatoms. The molecule has 1 aliphatic carbocycles. The van der Waals surface area contributed by atoms with Gasteiger partial charge in [0.25, 0.3) is 0 Å². The number of amides is 3. The van der Waals surface area contributed by atoms with E-state index in [0.717, 1.165) is 44.0 Å². The molecule has 0 aromatic heterocycles. The first kappa shape index (κ1) is 21.6. The predicted octanol–water partition coefficient (Wildman–Crippen LogP) is 2.42. The number of nitrogens with one attached hydrogen (secondary N) is 1. The number of likely N-dealkylation sites (N-methyl/N-ethyl adjacent to an activating group) is 1. The van der Waals surface area contributed by atoms with Gasteiger partial charge in [0, 0.05) is 50.5 Å². The highest BCUT2D eigenvalue weighted by molar-refractivity contribution is 6.05. The Labute approximate surface area is 184 Å². The number of allylic oxidation sites excluding steroid dienone is 2. The van der Waals surface area contributed by atoms with Crippen molar-refractivity contribution in [3.8, 4) is 0 Å². The summed E-state index contributed by atoms with van der Waals surface area (Å²) in [6.07, 6.45) is 5.30. The summed E-state index contributed by atoms with van der Waals surface area (Å²) in [6, 6.07) is 5.99. The highest BCUT2D eigenvalue weighted by atomic mass is 16.2. The Morgan fingerprint density at radius 1 is 1.03 bits per heavy atom. The van der Waals surface area contributed by atoms with Crippen LogP contribution in [0.25, 0.3) is 0 Å². The molecule has 31 heavy (non-hydrogen) atoms. The van der Waals surface area contributed by atoms with Crippen molar-refractivity contribution in [3.05, 3.63) is 35.9 Å². The van der Waals surface area contributed by atoms with E-state index in [-0.39, 0.29) is 42.5 Å². The number of hydrogen-bond donors (Lipinski definition) is 1. The lowest BCUT2D eigenvalue weighted by Gasteiger charge is -2.36. The summed E-state index contributed by atoms with van der Waals surface area (Å²) in [5, 5.41) is 2.92. The molecule has 0 unspecified atom stereocenters. The predicted molar refractivity (Wildman–Crippen MR) is 121 cm³/mol. The van der Waals surface area contributed by atoms with Crippen LogP contribution in [-0.4, -0.2) is 66.8 Å². The highest BCUT2D eigenvalue weighted by Gasteiger charge is 2.46. The van der Waals surface area contributed by atoms with Gasteiger partial charge in [0.2, 0.25) is 17.7 Å². The molecule has 0 bridgehead atoms. The maximum absolute atomic E-state index is 12.5. The summed E-state index contributed by atoms with van der Waals surface area (Å²) in [5.41, 5.74) is 3.08. The van der Waals surface area contributed by atoms with Gasteiger partial charge in [-0.25, -0.2) is 0 Å². The fourth-order valence-corrected chi connectivity index (χ4v) is 4.92. The minimum Gasteiger partial charge on any atom is -0.369 e. The number of hydrogen-bond acceptors (Lipinski definition) is 5. The molecule has 1 N–H and O–H groups in total. The Kier molecular flexibility index (Phi) is 6.41. The van der Waals surface area contributed by atoms with Crippen molar-refractivity contribution in [1.29, 1.82) is 0 Å².